The van der Waals surface area contributed by atoms with Crippen LogP contribution in [0.3, 0.4) is 0 Å². The maximum absolute atomic E-state index is 5.78. The van der Waals surface area contributed by atoms with Crippen molar-refractivity contribution in [3.05, 3.63) is 48.3 Å². The van der Waals surface area contributed by atoms with E-state index < -0.39 is 8.07 Å². The summed E-state index contributed by atoms with van der Waals surface area (Å²) in [6, 6.07) is 10.2. The first-order valence-electron chi connectivity index (χ1n) is 5.78. The molecule has 0 aliphatic carbocycles. The maximum Gasteiger partial charge on any atom is 0.140 e. The van der Waals surface area contributed by atoms with Crippen LogP contribution in [0.4, 0.5) is 0 Å². The Morgan fingerprint density at radius 2 is 1.88 bits per heavy atom. The Balaban J connectivity index is 2.08. The van der Waals surface area contributed by atoms with E-state index in [-0.39, 0.29) is 0 Å². The van der Waals surface area contributed by atoms with Gasteiger partial charge in [0.05, 0.1) is 6.20 Å². The smallest absolute Gasteiger partial charge is 0.140 e. The lowest BCUT2D eigenvalue weighted by Gasteiger charge is -2.17. The molecule has 2 rings (SSSR count). The Kier molecular flexibility index (Phi) is 3.33. The molecule has 1 heterocycles. The molecule has 0 saturated carbocycles. The van der Waals surface area contributed by atoms with Crippen LogP contribution in [0.25, 0.3) is 0 Å². The van der Waals surface area contributed by atoms with E-state index in [0.29, 0.717) is 6.61 Å². The van der Waals surface area contributed by atoms with Crippen LogP contribution >= 0.6 is 0 Å². The molecule has 3 nitrogen and oxygen atoms in total. The third-order valence-corrected chi connectivity index (χ3v) is 4.18. The molecule has 1 aromatic carbocycles. The zero-order valence-electron chi connectivity index (χ0n) is 10.6. The molecular formula is C13H18N2OSi. The van der Waals surface area contributed by atoms with E-state index in [1.165, 1.54) is 5.56 Å². The van der Waals surface area contributed by atoms with Gasteiger partial charge in [0.15, 0.2) is 0 Å². The molecule has 0 aliphatic rings. The fourth-order valence-electron chi connectivity index (χ4n) is 1.64. The highest BCUT2D eigenvalue weighted by molar-refractivity contribution is 6.87. The molecule has 90 valence electrons. The van der Waals surface area contributed by atoms with Crippen molar-refractivity contribution >= 4 is 13.5 Å². The maximum atomic E-state index is 5.78. The summed E-state index contributed by atoms with van der Waals surface area (Å²) in [6.45, 7) is 7.36. The second kappa shape index (κ2) is 4.75. The first-order valence-corrected chi connectivity index (χ1v) is 9.28. The molecule has 0 N–H and O–H groups in total. The molecule has 0 radical (unpaired) electrons. The average molecular weight is 246 g/mol. The SMILES string of the molecule is C[Si](C)(C)c1nccn1OCc1ccccc1. The molecule has 4 heteroatoms. The molecule has 0 unspecified atom stereocenters. The fraction of sp³-hybridized carbons (Fsp3) is 0.308. The van der Waals surface area contributed by atoms with Crippen LogP contribution in [-0.2, 0) is 6.61 Å². The largest absolute Gasteiger partial charge is 0.408 e. The van der Waals surface area contributed by atoms with E-state index in [4.69, 9.17) is 4.84 Å². The molecule has 0 fully saturated rings. The summed E-state index contributed by atoms with van der Waals surface area (Å²) in [4.78, 5) is 10.2. The van der Waals surface area contributed by atoms with Crippen molar-refractivity contribution in [2.75, 3.05) is 0 Å². The van der Waals surface area contributed by atoms with Crippen molar-refractivity contribution in [3.63, 3.8) is 0 Å². The lowest BCUT2D eigenvalue weighted by molar-refractivity contribution is 0.103. The van der Waals surface area contributed by atoms with Gasteiger partial charge in [0, 0.05) is 6.20 Å². The van der Waals surface area contributed by atoms with Crippen LogP contribution in [0.1, 0.15) is 5.56 Å². The van der Waals surface area contributed by atoms with Crippen molar-refractivity contribution in [1.29, 1.82) is 0 Å². The Morgan fingerprint density at radius 1 is 1.18 bits per heavy atom. The lowest BCUT2D eigenvalue weighted by Crippen LogP contribution is -2.46. The van der Waals surface area contributed by atoms with Crippen LogP contribution < -0.4 is 10.3 Å². The van der Waals surface area contributed by atoms with Gasteiger partial charge in [-0.2, -0.15) is 4.73 Å². The molecule has 17 heavy (non-hydrogen) atoms. The van der Waals surface area contributed by atoms with Gasteiger partial charge in [-0.05, 0) is 5.56 Å². The van der Waals surface area contributed by atoms with Crippen molar-refractivity contribution in [3.8, 4) is 0 Å². The van der Waals surface area contributed by atoms with E-state index in [1.54, 1.807) is 6.20 Å². The number of hydrogen-bond acceptors (Lipinski definition) is 2. The van der Waals surface area contributed by atoms with Crippen LogP contribution in [0.2, 0.25) is 19.6 Å². The van der Waals surface area contributed by atoms with E-state index in [9.17, 15) is 0 Å². The average Bonchev–Trinajstić information content (AvgIpc) is 2.75. The lowest BCUT2D eigenvalue weighted by atomic mass is 10.2. The Labute approximate surface area is 103 Å². The highest BCUT2D eigenvalue weighted by Gasteiger charge is 2.23. The van der Waals surface area contributed by atoms with Crippen molar-refractivity contribution in [1.82, 2.24) is 9.71 Å². The summed E-state index contributed by atoms with van der Waals surface area (Å²) in [7, 11) is -1.44. The molecule has 0 spiro atoms. The number of imidazole rings is 1. The minimum atomic E-state index is -1.44. The highest BCUT2D eigenvalue weighted by Crippen LogP contribution is 2.02. The zero-order chi connectivity index (χ0) is 12.3. The number of nitrogens with zero attached hydrogens (tertiary/aromatic N) is 2. The van der Waals surface area contributed by atoms with E-state index >= 15 is 0 Å². The predicted molar refractivity (Wildman–Crippen MR) is 71.9 cm³/mol. The molecule has 1 aromatic heterocycles. The summed E-state index contributed by atoms with van der Waals surface area (Å²) in [5, 5.41) is 0. The van der Waals surface area contributed by atoms with E-state index in [0.717, 1.165) is 5.45 Å². The van der Waals surface area contributed by atoms with Gasteiger partial charge in [0.25, 0.3) is 0 Å². The quantitative estimate of drug-likeness (QED) is 0.772. The third-order valence-electron chi connectivity index (χ3n) is 2.49. The third kappa shape index (κ3) is 2.97. The van der Waals surface area contributed by atoms with Crippen LogP contribution in [0.5, 0.6) is 0 Å². The zero-order valence-corrected chi connectivity index (χ0v) is 11.6. The Hall–Kier alpha value is -1.55. The first kappa shape index (κ1) is 11.9. The molecule has 0 atom stereocenters. The number of benzene rings is 1. The van der Waals surface area contributed by atoms with Crippen molar-refractivity contribution < 1.29 is 4.84 Å². The fourth-order valence-corrected chi connectivity index (χ4v) is 2.90. The predicted octanol–water partition coefficient (Wildman–Crippen LogP) is 2.06. The number of rotatable bonds is 4. The number of hydrogen-bond donors (Lipinski definition) is 0. The Morgan fingerprint density at radius 3 is 2.53 bits per heavy atom. The molecule has 0 amide bonds. The van der Waals surface area contributed by atoms with Crippen LogP contribution in [-0.4, -0.2) is 17.8 Å². The molecule has 0 bridgehead atoms. The van der Waals surface area contributed by atoms with Crippen LogP contribution in [0.15, 0.2) is 42.7 Å². The monoisotopic (exact) mass is 246 g/mol. The summed E-state index contributed by atoms with van der Waals surface area (Å²) >= 11 is 0. The van der Waals surface area contributed by atoms with Gasteiger partial charge in [-0.25, -0.2) is 4.98 Å². The molecule has 2 aromatic rings. The second-order valence-electron chi connectivity index (χ2n) is 5.09. The summed E-state index contributed by atoms with van der Waals surface area (Å²) in [5.74, 6) is 0. The normalized spacial score (nSPS) is 11.5. The van der Waals surface area contributed by atoms with Gasteiger partial charge >= 0.3 is 0 Å². The van der Waals surface area contributed by atoms with Gasteiger partial charge in [0.2, 0.25) is 0 Å². The summed E-state index contributed by atoms with van der Waals surface area (Å²) < 4.78 is 1.82. The minimum Gasteiger partial charge on any atom is -0.408 e. The highest BCUT2D eigenvalue weighted by atomic mass is 28.3. The van der Waals surface area contributed by atoms with Gasteiger partial charge in [-0.3, -0.25) is 0 Å². The van der Waals surface area contributed by atoms with Gasteiger partial charge < -0.3 is 4.84 Å². The van der Waals surface area contributed by atoms with Crippen molar-refractivity contribution in [2.24, 2.45) is 0 Å². The Bertz CT molecular complexity index is 474. The molecular weight excluding hydrogens is 228 g/mol. The van der Waals surface area contributed by atoms with Gasteiger partial charge in [-0.1, -0.05) is 50.0 Å². The first-order chi connectivity index (χ1) is 8.07. The summed E-state index contributed by atoms with van der Waals surface area (Å²) in [5.41, 5.74) is 2.25. The van der Waals surface area contributed by atoms with E-state index in [2.05, 4.69) is 36.8 Å². The van der Waals surface area contributed by atoms with Crippen molar-refractivity contribution in [2.45, 2.75) is 26.2 Å². The van der Waals surface area contributed by atoms with Gasteiger partial charge in [-0.15, -0.1) is 0 Å². The van der Waals surface area contributed by atoms with E-state index in [1.807, 2.05) is 29.1 Å². The topological polar surface area (TPSA) is 27.1 Å². The second-order valence-corrected chi connectivity index (χ2v) is 10.0. The van der Waals surface area contributed by atoms with Gasteiger partial charge in [0.1, 0.15) is 20.1 Å². The number of aromatic nitrogens is 2. The standard InChI is InChI=1S/C13H18N2OSi/c1-17(2,3)13-14-9-10-15(13)16-11-12-7-5-4-6-8-12/h4-10H,11H2,1-3H3. The molecule has 0 aliphatic heterocycles. The summed E-state index contributed by atoms with van der Waals surface area (Å²) in [6.07, 6.45) is 3.69. The van der Waals surface area contributed by atoms with Crippen LogP contribution in [0, 0.1) is 0 Å². The minimum absolute atomic E-state index is 0.578. The molecule has 0 saturated heterocycles.